The Balaban J connectivity index is 2.27. The Morgan fingerprint density at radius 3 is 3.07 bits per heavy atom. The van der Waals surface area contributed by atoms with Gasteiger partial charge in [0.05, 0.1) is 0 Å². The third-order valence-corrected chi connectivity index (χ3v) is 2.40. The largest absolute Gasteiger partial charge is 0.384 e. The van der Waals surface area contributed by atoms with Gasteiger partial charge in [0.15, 0.2) is 5.82 Å². The summed E-state index contributed by atoms with van der Waals surface area (Å²) in [7, 11) is 0. The fourth-order valence-corrected chi connectivity index (χ4v) is 1.65. The Labute approximate surface area is 83.5 Å². The van der Waals surface area contributed by atoms with Gasteiger partial charge in [-0.2, -0.15) is 0 Å². The van der Waals surface area contributed by atoms with Crippen molar-refractivity contribution in [2.24, 2.45) is 0 Å². The Hall–Kier alpha value is -1.16. The van der Waals surface area contributed by atoms with E-state index in [4.69, 9.17) is 10.5 Å². The first-order valence-electron chi connectivity index (χ1n) is 5.04. The molecule has 1 aromatic heterocycles. The van der Waals surface area contributed by atoms with Gasteiger partial charge in [-0.15, -0.1) is 0 Å². The fourth-order valence-electron chi connectivity index (χ4n) is 1.65. The Kier molecular flexibility index (Phi) is 2.63. The van der Waals surface area contributed by atoms with E-state index in [0.717, 1.165) is 37.4 Å². The van der Waals surface area contributed by atoms with E-state index >= 15 is 0 Å². The van der Waals surface area contributed by atoms with Gasteiger partial charge >= 0.3 is 0 Å². The minimum atomic E-state index is 0.0591. The molecule has 4 nitrogen and oxygen atoms in total. The smallest absolute Gasteiger partial charge is 0.159 e. The molecule has 0 saturated carbocycles. The van der Waals surface area contributed by atoms with E-state index in [1.165, 1.54) is 0 Å². The molecule has 2 N–H and O–H groups in total. The van der Waals surface area contributed by atoms with Crippen molar-refractivity contribution in [3.8, 4) is 0 Å². The van der Waals surface area contributed by atoms with Crippen LogP contribution in [-0.2, 0) is 11.2 Å². The second-order valence-electron chi connectivity index (χ2n) is 3.50. The SMILES string of the molecule is CCc1cc(N)nc(C2CCCO2)n1. The minimum absolute atomic E-state index is 0.0591. The number of aromatic nitrogens is 2. The molecule has 1 aliphatic heterocycles. The van der Waals surface area contributed by atoms with Crippen LogP contribution in [0.3, 0.4) is 0 Å². The van der Waals surface area contributed by atoms with E-state index in [0.29, 0.717) is 5.82 Å². The van der Waals surface area contributed by atoms with Crippen LogP contribution in [0.2, 0.25) is 0 Å². The van der Waals surface area contributed by atoms with Crippen LogP contribution in [0.1, 0.15) is 37.4 Å². The Bertz CT molecular complexity index is 321. The first-order chi connectivity index (χ1) is 6.79. The molecule has 4 heteroatoms. The van der Waals surface area contributed by atoms with Gasteiger partial charge in [0.1, 0.15) is 11.9 Å². The average Bonchev–Trinajstić information content (AvgIpc) is 2.69. The van der Waals surface area contributed by atoms with Crippen LogP contribution in [0.5, 0.6) is 0 Å². The number of hydrogen-bond acceptors (Lipinski definition) is 4. The number of aryl methyl sites for hydroxylation is 1. The maximum atomic E-state index is 5.70. The van der Waals surface area contributed by atoms with Crippen molar-refractivity contribution in [1.29, 1.82) is 0 Å². The van der Waals surface area contributed by atoms with Gasteiger partial charge in [-0.3, -0.25) is 0 Å². The molecule has 2 rings (SSSR count). The van der Waals surface area contributed by atoms with Crippen molar-refractivity contribution < 1.29 is 4.74 Å². The molecule has 0 radical (unpaired) electrons. The molecule has 1 aromatic rings. The Morgan fingerprint density at radius 1 is 1.57 bits per heavy atom. The van der Waals surface area contributed by atoms with Crippen molar-refractivity contribution in [2.75, 3.05) is 12.3 Å². The maximum Gasteiger partial charge on any atom is 0.159 e. The zero-order valence-corrected chi connectivity index (χ0v) is 8.36. The highest BCUT2D eigenvalue weighted by Crippen LogP contribution is 2.26. The number of nitrogen functional groups attached to an aromatic ring is 1. The molecule has 1 unspecified atom stereocenters. The fraction of sp³-hybridized carbons (Fsp3) is 0.600. The van der Waals surface area contributed by atoms with Gasteiger partial charge in [-0.25, -0.2) is 9.97 Å². The molecule has 1 atom stereocenters. The van der Waals surface area contributed by atoms with Crippen molar-refractivity contribution in [3.05, 3.63) is 17.6 Å². The molecular formula is C10H15N3O. The molecule has 0 amide bonds. The predicted molar refractivity (Wildman–Crippen MR) is 53.7 cm³/mol. The summed E-state index contributed by atoms with van der Waals surface area (Å²) >= 11 is 0. The quantitative estimate of drug-likeness (QED) is 0.772. The monoisotopic (exact) mass is 193 g/mol. The molecule has 1 fully saturated rings. The van der Waals surface area contributed by atoms with Gasteiger partial charge in [-0.05, 0) is 19.3 Å². The molecular weight excluding hydrogens is 178 g/mol. The van der Waals surface area contributed by atoms with Crippen LogP contribution in [0.25, 0.3) is 0 Å². The molecule has 0 bridgehead atoms. The first kappa shape index (κ1) is 9.40. The standard InChI is InChI=1S/C10H15N3O/c1-2-7-6-9(11)13-10(12-7)8-4-3-5-14-8/h6,8H,2-5H2,1H3,(H2,11,12,13). The number of nitrogens with two attached hydrogens (primary N) is 1. The van der Waals surface area contributed by atoms with Gasteiger partial charge in [-0.1, -0.05) is 6.92 Å². The van der Waals surface area contributed by atoms with Crippen LogP contribution in [-0.4, -0.2) is 16.6 Å². The number of ether oxygens (including phenoxy) is 1. The van der Waals surface area contributed by atoms with Crippen LogP contribution in [0, 0.1) is 0 Å². The van der Waals surface area contributed by atoms with Gasteiger partial charge < -0.3 is 10.5 Å². The summed E-state index contributed by atoms with van der Waals surface area (Å²) in [4.78, 5) is 8.62. The van der Waals surface area contributed by atoms with E-state index < -0.39 is 0 Å². The van der Waals surface area contributed by atoms with Crippen LogP contribution < -0.4 is 5.73 Å². The summed E-state index contributed by atoms with van der Waals surface area (Å²) in [6, 6.07) is 1.82. The van der Waals surface area contributed by atoms with Crippen molar-refractivity contribution in [3.63, 3.8) is 0 Å². The Morgan fingerprint density at radius 2 is 2.43 bits per heavy atom. The number of anilines is 1. The van der Waals surface area contributed by atoms with Crippen LogP contribution in [0.4, 0.5) is 5.82 Å². The summed E-state index contributed by atoms with van der Waals surface area (Å²) in [5.74, 6) is 1.29. The highest BCUT2D eigenvalue weighted by molar-refractivity contribution is 5.30. The van der Waals surface area contributed by atoms with Crippen molar-refractivity contribution >= 4 is 5.82 Å². The summed E-state index contributed by atoms with van der Waals surface area (Å²) in [5, 5.41) is 0. The molecule has 0 spiro atoms. The summed E-state index contributed by atoms with van der Waals surface area (Å²) in [6.45, 7) is 2.87. The molecule has 14 heavy (non-hydrogen) atoms. The third-order valence-electron chi connectivity index (χ3n) is 2.40. The lowest BCUT2D eigenvalue weighted by Crippen LogP contribution is -2.07. The third kappa shape index (κ3) is 1.85. The lowest BCUT2D eigenvalue weighted by atomic mass is 10.2. The summed E-state index contributed by atoms with van der Waals surface area (Å²) in [5.41, 5.74) is 6.68. The zero-order chi connectivity index (χ0) is 9.97. The molecule has 0 aliphatic carbocycles. The van der Waals surface area contributed by atoms with E-state index in [2.05, 4.69) is 16.9 Å². The molecule has 76 valence electrons. The van der Waals surface area contributed by atoms with Crippen molar-refractivity contribution in [2.45, 2.75) is 32.3 Å². The number of nitrogens with zero attached hydrogens (tertiary/aromatic N) is 2. The highest BCUT2D eigenvalue weighted by Gasteiger charge is 2.20. The molecule has 1 aliphatic rings. The van der Waals surface area contributed by atoms with Crippen LogP contribution in [0.15, 0.2) is 6.07 Å². The summed E-state index contributed by atoms with van der Waals surface area (Å²) < 4.78 is 5.51. The molecule has 1 saturated heterocycles. The predicted octanol–water partition coefficient (Wildman–Crippen LogP) is 1.47. The minimum Gasteiger partial charge on any atom is -0.384 e. The second-order valence-corrected chi connectivity index (χ2v) is 3.50. The number of rotatable bonds is 2. The van der Waals surface area contributed by atoms with E-state index in [-0.39, 0.29) is 6.10 Å². The van der Waals surface area contributed by atoms with Crippen LogP contribution >= 0.6 is 0 Å². The molecule has 2 heterocycles. The topological polar surface area (TPSA) is 61.0 Å². The van der Waals surface area contributed by atoms with E-state index in [1.807, 2.05) is 6.07 Å². The normalized spacial score (nSPS) is 21.4. The van der Waals surface area contributed by atoms with Gasteiger partial charge in [0.25, 0.3) is 0 Å². The van der Waals surface area contributed by atoms with Crippen molar-refractivity contribution in [1.82, 2.24) is 9.97 Å². The highest BCUT2D eigenvalue weighted by atomic mass is 16.5. The second kappa shape index (κ2) is 3.92. The summed E-state index contributed by atoms with van der Waals surface area (Å²) in [6.07, 6.45) is 3.03. The molecule has 0 aromatic carbocycles. The zero-order valence-electron chi connectivity index (χ0n) is 8.36. The van der Waals surface area contributed by atoms with Gasteiger partial charge in [0.2, 0.25) is 0 Å². The lowest BCUT2D eigenvalue weighted by Gasteiger charge is -2.09. The number of hydrogen-bond donors (Lipinski definition) is 1. The van der Waals surface area contributed by atoms with E-state index in [9.17, 15) is 0 Å². The van der Waals surface area contributed by atoms with Gasteiger partial charge in [0, 0.05) is 18.4 Å². The first-order valence-corrected chi connectivity index (χ1v) is 5.04. The lowest BCUT2D eigenvalue weighted by molar-refractivity contribution is 0.105. The average molecular weight is 193 g/mol. The maximum absolute atomic E-state index is 5.70. The van der Waals surface area contributed by atoms with E-state index in [1.54, 1.807) is 0 Å².